The van der Waals surface area contributed by atoms with Gasteiger partial charge in [0.2, 0.25) is 5.91 Å². The molecule has 0 aliphatic heterocycles. The molecule has 1 saturated carbocycles. The van der Waals surface area contributed by atoms with Gasteiger partial charge in [-0.2, -0.15) is 13.2 Å². The Morgan fingerprint density at radius 2 is 1.89 bits per heavy atom. The molecule has 0 bridgehead atoms. The maximum absolute atomic E-state index is 12.0. The first-order valence-electron chi connectivity index (χ1n) is 6.51. The molecule has 18 heavy (non-hydrogen) atoms. The van der Waals surface area contributed by atoms with Crippen molar-refractivity contribution in [3.05, 3.63) is 0 Å². The second kappa shape index (κ2) is 6.97. The zero-order chi connectivity index (χ0) is 13.6. The monoisotopic (exact) mass is 266 g/mol. The van der Waals surface area contributed by atoms with Crippen molar-refractivity contribution in [1.29, 1.82) is 0 Å². The number of nitrogens with one attached hydrogen (secondary N) is 1. The molecule has 1 aliphatic carbocycles. The van der Waals surface area contributed by atoms with Crippen molar-refractivity contribution in [2.24, 2.45) is 0 Å². The van der Waals surface area contributed by atoms with Crippen molar-refractivity contribution in [3.63, 3.8) is 0 Å². The maximum Gasteiger partial charge on any atom is 0.401 e. The molecule has 1 aliphatic rings. The molecule has 0 saturated heterocycles. The van der Waals surface area contributed by atoms with Crippen molar-refractivity contribution < 1.29 is 18.0 Å². The van der Waals surface area contributed by atoms with E-state index in [1.807, 2.05) is 6.92 Å². The highest BCUT2D eigenvalue weighted by Gasteiger charge is 2.28. The number of carbonyl (C=O) groups is 1. The molecule has 1 rings (SSSR count). The molecule has 106 valence electrons. The Hall–Kier alpha value is -0.780. The minimum atomic E-state index is -4.26. The molecule has 0 radical (unpaired) electrons. The average molecular weight is 266 g/mol. The van der Waals surface area contributed by atoms with Crippen LogP contribution in [-0.4, -0.2) is 42.7 Å². The van der Waals surface area contributed by atoms with E-state index < -0.39 is 12.7 Å². The fraction of sp³-hybridized carbons (Fsp3) is 0.917. The van der Waals surface area contributed by atoms with Crippen molar-refractivity contribution in [3.8, 4) is 0 Å². The van der Waals surface area contributed by atoms with Gasteiger partial charge in [0.05, 0.1) is 13.1 Å². The number of carbonyl (C=O) groups excluding carboxylic acids is 1. The summed E-state index contributed by atoms with van der Waals surface area (Å²) in [7, 11) is 0. The van der Waals surface area contributed by atoms with Crippen LogP contribution in [0.15, 0.2) is 0 Å². The number of likely N-dealkylation sites (N-methyl/N-ethyl adjacent to an activating group) is 1. The van der Waals surface area contributed by atoms with Gasteiger partial charge in [-0.05, 0) is 19.8 Å². The van der Waals surface area contributed by atoms with Crippen LogP contribution in [0.4, 0.5) is 13.2 Å². The average Bonchev–Trinajstić information content (AvgIpc) is 2.29. The molecule has 0 aromatic heterocycles. The minimum absolute atomic E-state index is 0.212. The maximum atomic E-state index is 12.0. The highest BCUT2D eigenvalue weighted by atomic mass is 19.4. The van der Waals surface area contributed by atoms with Crippen molar-refractivity contribution >= 4 is 5.91 Å². The van der Waals surface area contributed by atoms with Crippen LogP contribution in [0, 0.1) is 0 Å². The lowest BCUT2D eigenvalue weighted by Gasteiger charge is -2.33. The van der Waals surface area contributed by atoms with Gasteiger partial charge in [-0.15, -0.1) is 0 Å². The van der Waals surface area contributed by atoms with E-state index in [1.54, 1.807) is 4.90 Å². The lowest BCUT2D eigenvalue weighted by atomic mass is 9.94. The minimum Gasteiger partial charge on any atom is -0.339 e. The summed E-state index contributed by atoms with van der Waals surface area (Å²) < 4.78 is 35.9. The summed E-state index contributed by atoms with van der Waals surface area (Å²) in [5, 5.41) is 2.16. The molecule has 6 heteroatoms. The Balaban J connectivity index is 2.37. The van der Waals surface area contributed by atoms with Crippen molar-refractivity contribution in [2.45, 2.75) is 51.2 Å². The summed E-state index contributed by atoms with van der Waals surface area (Å²) in [5.41, 5.74) is 0. The molecule has 3 nitrogen and oxygen atoms in total. The van der Waals surface area contributed by atoms with Gasteiger partial charge in [0.15, 0.2) is 0 Å². The van der Waals surface area contributed by atoms with E-state index in [9.17, 15) is 18.0 Å². The Morgan fingerprint density at radius 3 is 2.39 bits per heavy atom. The van der Waals surface area contributed by atoms with E-state index in [-0.39, 0.29) is 18.5 Å². The third-order valence-corrected chi connectivity index (χ3v) is 3.28. The number of nitrogens with zero attached hydrogens (tertiary/aromatic N) is 1. The Labute approximate surface area is 106 Å². The summed E-state index contributed by atoms with van der Waals surface area (Å²) in [5.74, 6) is -0.228. The van der Waals surface area contributed by atoms with Crippen LogP contribution in [-0.2, 0) is 4.79 Å². The van der Waals surface area contributed by atoms with Gasteiger partial charge >= 0.3 is 6.18 Å². The molecule has 1 fully saturated rings. The number of hydrogen-bond acceptors (Lipinski definition) is 2. The first kappa shape index (κ1) is 15.3. The fourth-order valence-corrected chi connectivity index (χ4v) is 2.44. The third-order valence-electron chi connectivity index (χ3n) is 3.28. The molecule has 0 spiro atoms. The van der Waals surface area contributed by atoms with Gasteiger partial charge in [-0.1, -0.05) is 19.3 Å². The summed E-state index contributed by atoms with van der Waals surface area (Å²) in [6.07, 6.45) is 1.07. The molecular weight excluding hydrogens is 245 g/mol. The van der Waals surface area contributed by atoms with Crippen LogP contribution in [0.25, 0.3) is 0 Å². The SMILES string of the molecule is CCN(C(=O)CNCC(F)(F)F)C1CCCCC1. The van der Waals surface area contributed by atoms with Gasteiger partial charge in [0, 0.05) is 12.6 Å². The van der Waals surface area contributed by atoms with Crippen LogP contribution < -0.4 is 5.32 Å². The van der Waals surface area contributed by atoms with Crippen LogP contribution >= 0.6 is 0 Å². The number of rotatable bonds is 5. The quantitative estimate of drug-likeness (QED) is 0.828. The Kier molecular flexibility index (Phi) is 5.91. The smallest absolute Gasteiger partial charge is 0.339 e. The molecule has 0 heterocycles. The predicted octanol–water partition coefficient (Wildman–Crippen LogP) is 2.32. The zero-order valence-electron chi connectivity index (χ0n) is 10.7. The van der Waals surface area contributed by atoms with E-state index in [1.165, 1.54) is 6.42 Å². The lowest BCUT2D eigenvalue weighted by molar-refractivity contribution is -0.136. The second-order valence-electron chi connectivity index (χ2n) is 4.69. The van der Waals surface area contributed by atoms with Gasteiger partial charge in [0.1, 0.15) is 0 Å². The molecule has 1 N–H and O–H groups in total. The number of amides is 1. The summed E-state index contributed by atoms with van der Waals surface area (Å²) in [6, 6.07) is 0.212. The number of hydrogen-bond donors (Lipinski definition) is 1. The van der Waals surface area contributed by atoms with Gasteiger partial charge < -0.3 is 10.2 Å². The van der Waals surface area contributed by atoms with E-state index in [0.717, 1.165) is 25.7 Å². The molecule has 0 aromatic rings. The first-order chi connectivity index (χ1) is 8.44. The Morgan fingerprint density at radius 1 is 1.28 bits per heavy atom. The fourth-order valence-electron chi connectivity index (χ4n) is 2.44. The normalized spacial score (nSPS) is 17.8. The Bertz CT molecular complexity index is 263. The first-order valence-corrected chi connectivity index (χ1v) is 6.51. The topological polar surface area (TPSA) is 32.3 Å². The van der Waals surface area contributed by atoms with Crippen molar-refractivity contribution in [2.75, 3.05) is 19.6 Å². The van der Waals surface area contributed by atoms with Crippen LogP contribution in [0.2, 0.25) is 0 Å². The van der Waals surface area contributed by atoms with E-state index in [2.05, 4.69) is 5.32 Å². The molecule has 0 aromatic carbocycles. The standard InChI is InChI=1S/C12H21F3N2O/c1-2-17(10-6-4-3-5-7-10)11(18)8-16-9-12(13,14)15/h10,16H,2-9H2,1H3. The largest absolute Gasteiger partial charge is 0.401 e. The predicted molar refractivity (Wildman–Crippen MR) is 63.2 cm³/mol. The number of halogens is 3. The summed E-state index contributed by atoms with van der Waals surface area (Å²) >= 11 is 0. The molecular formula is C12H21F3N2O. The van der Waals surface area contributed by atoms with Gasteiger partial charge in [-0.3, -0.25) is 4.79 Å². The zero-order valence-corrected chi connectivity index (χ0v) is 10.7. The van der Waals surface area contributed by atoms with Gasteiger partial charge in [-0.25, -0.2) is 0 Å². The number of alkyl halides is 3. The summed E-state index contributed by atoms with van der Waals surface area (Å²) in [4.78, 5) is 13.6. The highest BCUT2D eigenvalue weighted by molar-refractivity contribution is 5.78. The van der Waals surface area contributed by atoms with E-state index in [0.29, 0.717) is 6.54 Å². The van der Waals surface area contributed by atoms with Crippen molar-refractivity contribution in [1.82, 2.24) is 10.2 Å². The molecule has 0 unspecified atom stereocenters. The third kappa shape index (κ3) is 5.25. The molecule has 1 amide bonds. The second-order valence-corrected chi connectivity index (χ2v) is 4.69. The van der Waals surface area contributed by atoms with Crippen LogP contribution in [0.3, 0.4) is 0 Å². The summed E-state index contributed by atoms with van der Waals surface area (Å²) in [6.45, 7) is 1.10. The molecule has 0 atom stereocenters. The highest BCUT2D eigenvalue weighted by Crippen LogP contribution is 2.22. The van der Waals surface area contributed by atoms with Gasteiger partial charge in [0.25, 0.3) is 0 Å². The van der Waals surface area contributed by atoms with Crippen LogP contribution in [0.1, 0.15) is 39.0 Å². The van der Waals surface area contributed by atoms with E-state index >= 15 is 0 Å². The lowest BCUT2D eigenvalue weighted by Crippen LogP contribution is -2.46. The van der Waals surface area contributed by atoms with Crippen LogP contribution in [0.5, 0.6) is 0 Å². The van der Waals surface area contributed by atoms with E-state index in [4.69, 9.17) is 0 Å².